The second-order valence-electron chi connectivity index (χ2n) is 3.53. The summed E-state index contributed by atoms with van der Waals surface area (Å²) >= 11 is 0. The molecule has 3 N–H and O–H groups in total. The van der Waals surface area contributed by atoms with Gasteiger partial charge in [-0.1, -0.05) is 6.07 Å². The molecule has 0 aromatic heterocycles. The number of aliphatic hydroxyl groups excluding tert-OH is 1. The van der Waals surface area contributed by atoms with E-state index in [1.165, 1.54) is 0 Å². The van der Waals surface area contributed by atoms with Gasteiger partial charge in [-0.2, -0.15) is 0 Å². The molecule has 1 aromatic rings. The molecule has 0 aliphatic heterocycles. The molecule has 2 unspecified atom stereocenters. The van der Waals surface area contributed by atoms with Crippen molar-refractivity contribution in [2.45, 2.75) is 26.0 Å². The zero-order chi connectivity index (χ0) is 10.7. The summed E-state index contributed by atoms with van der Waals surface area (Å²) in [6, 6.07) is 5.30. The highest BCUT2D eigenvalue weighted by molar-refractivity contribution is 5.36. The van der Waals surface area contributed by atoms with E-state index in [-0.39, 0.29) is 6.04 Å². The zero-order valence-electron chi connectivity index (χ0n) is 8.82. The third kappa shape index (κ3) is 2.25. The topological polar surface area (TPSA) is 55.5 Å². The molecule has 3 heteroatoms. The van der Waals surface area contributed by atoms with Crippen LogP contribution in [-0.2, 0) is 0 Å². The minimum atomic E-state index is -0.610. The van der Waals surface area contributed by atoms with E-state index in [2.05, 4.69) is 0 Å². The SMILES string of the molecule is COc1ccc(C(O)C(C)N)c(C)c1. The van der Waals surface area contributed by atoms with Crippen molar-refractivity contribution in [3.63, 3.8) is 0 Å². The maximum Gasteiger partial charge on any atom is 0.119 e. The van der Waals surface area contributed by atoms with Gasteiger partial charge < -0.3 is 15.6 Å². The molecule has 0 amide bonds. The Bertz CT molecular complexity index is 310. The third-order valence-electron chi connectivity index (χ3n) is 2.29. The predicted molar refractivity (Wildman–Crippen MR) is 56.3 cm³/mol. The van der Waals surface area contributed by atoms with Gasteiger partial charge in [-0.3, -0.25) is 0 Å². The van der Waals surface area contributed by atoms with Crippen molar-refractivity contribution >= 4 is 0 Å². The Morgan fingerprint density at radius 2 is 2.07 bits per heavy atom. The highest BCUT2D eigenvalue weighted by Crippen LogP contribution is 2.23. The van der Waals surface area contributed by atoms with Crippen LogP contribution in [0.4, 0.5) is 0 Å². The van der Waals surface area contributed by atoms with Crippen molar-refractivity contribution in [2.24, 2.45) is 5.73 Å². The molecule has 3 nitrogen and oxygen atoms in total. The molecule has 14 heavy (non-hydrogen) atoms. The fraction of sp³-hybridized carbons (Fsp3) is 0.455. The van der Waals surface area contributed by atoms with Gasteiger partial charge in [-0.15, -0.1) is 0 Å². The van der Waals surface area contributed by atoms with Crippen LogP contribution in [-0.4, -0.2) is 18.3 Å². The molecule has 0 saturated carbocycles. The van der Waals surface area contributed by atoms with E-state index in [1.54, 1.807) is 14.0 Å². The lowest BCUT2D eigenvalue weighted by Crippen LogP contribution is -2.24. The first-order chi connectivity index (χ1) is 6.56. The van der Waals surface area contributed by atoms with Crippen LogP contribution in [0.3, 0.4) is 0 Å². The Balaban J connectivity index is 2.99. The minimum absolute atomic E-state index is 0.262. The minimum Gasteiger partial charge on any atom is -0.497 e. The molecule has 2 atom stereocenters. The Morgan fingerprint density at radius 1 is 1.43 bits per heavy atom. The molecule has 0 spiro atoms. The van der Waals surface area contributed by atoms with E-state index in [4.69, 9.17) is 10.5 Å². The lowest BCUT2D eigenvalue weighted by molar-refractivity contribution is 0.152. The second kappa shape index (κ2) is 4.44. The normalized spacial score (nSPS) is 14.9. The molecule has 0 aliphatic rings. The molecule has 0 heterocycles. The number of benzene rings is 1. The van der Waals surface area contributed by atoms with Gasteiger partial charge in [0.25, 0.3) is 0 Å². The number of nitrogens with two attached hydrogens (primary N) is 1. The summed E-state index contributed by atoms with van der Waals surface area (Å²) in [6.07, 6.45) is -0.610. The van der Waals surface area contributed by atoms with E-state index in [0.29, 0.717) is 0 Å². The van der Waals surface area contributed by atoms with Crippen molar-refractivity contribution < 1.29 is 9.84 Å². The Labute approximate surface area is 84.5 Å². The van der Waals surface area contributed by atoms with E-state index in [9.17, 15) is 5.11 Å². The molecule has 0 radical (unpaired) electrons. The van der Waals surface area contributed by atoms with Crippen molar-refractivity contribution in [2.75, 3.05) is 7.11 Å². The van der Waals surface area contributed by atoms with Gasteiger partial charge in [0.2, 0.25) is 0 Å². The fourth-order valence-electron chi connectivity index (χ4n) is 1.39. The van der Waals surface area contributed by atoms with Crippen LogP contribution < -0.4 is 10.5 Å². The van der Waals surface area contributed by atoms with Crippen LogP contribution in [0.25, 0.3) is 0 Å². The number of hydrogen-bond donors (Lipinski definition) is 2. The smallest absolute Gasteiger partial charge is 0.119 e. The first-order valence-electron chi connectivity index (χ1n) is 4.64. The van der Waals surface area contributed by atoms with E-state index >= 15 is 0 Å². The summed E-state index contributed by atoms with van der Waals surface area (Å²) in [5, 5.41) is 9.78. The zero-order valence-corrected chi connectivity index (χ0v) is 8.82. The van der Waals surface area contributed by atoms with Crippen LogP contribution in [0.15, 0.2) is 18.2 Å². The molecule has 0 saturated heterocycles. The van der Waals surface area contributed by atoms with Gasteiger partial charge in [0.1, 0.15) is 5.75 Å². The van der Waals surface area contributed by atoms with Crippen molar-refractivity contribution in [3.8, 4) is 5.75 Å². The summed E-state index contributed by atoms with van der Waals surface area (Å²) in [6.45, 7) is 3.72. The summed E-state index contributed by atoms with van der Waals surface area (Å²) < 4.78 is 5.08. The van der Waals surface area contributed by atoms with Crippen molar-refractivity contribution in [1.29, 1.82) is 0 Å². The Morgan fingerprint density at radius 3 is 2.50 bits per heavy atom. The number of ether oxygens (including phenoxy) is 1. The highest BCUT2D eigenvalue weighted by Gasteiger charge is 2.14. The van der Waals surface area contributed by atoms with Gasteiger partial charge >= 0.3 is 0 Å². The first-order valence-corrected chi connectivity index (χ1v) is 4.64. The van der Waals surface area contributed by atoms with Gasteiger partial charge in [0, 0.05) is 6.04 Å². The molecule has 0 aliphatic carbocycles. The fourth-order valence-corrected chi connectivity index (χ4v) is 1.39. The largest absolute Gasteiger partial charge is 0.497 e. The number of methoxy groups -OCH3 is 1. The summed E-state index contributed by atoms with van der Waals surface area (Å²) in [4.78, 5) is 0. The van der Waals surface area contributed by atoms with Gasteiger partial charge in [0.15, 0.2) is 0 Å². The van der Waals surface area contributed by atoms with Crippen LogP contribution in [0.2, 0.25) is 0 Å². The summed E-state index contributed by atoms with van der Waals surface area (Å²) in [5.41, 5.74) is 7.48. The molecular formula is C11H17NO2. The second-order valence-corrected chi connectivity index (χ2v) is 3.53. The number of aryl methyl sites for hydroxylation is 1. The lowest BCUT2D eigenvalue weighted by Gasteiger charge is -2.17. The van der Waals surface area contributed by atoms with Crippen molar-refractivity contribution in [3.05, 3.63) is 29.3 Å². The number of hydrogen-bond acceptors (Lipinski definition) is 3. The first kappa shape index (κ1) is 11.0. The number of aliphatic hydroxyl groups is 1. The number of rotatable bonds is 3. The Kier molecular flexibility index (Phi) is 3.49. The molecular weight excluding hydrogens is 178 g/mol. The van der Waals surface area contributed by atoms with Crippen LogP contribution in [0.1, 0.15) is 24.2 Å². The predicted octanol–water partition coefficient (Wildman–Crippen LogP) is 1.38. The molecule has 0 bridgehead atoms. The van der Waals surface area contributed by atoms with E-state index in [1.807, 2.05) is 25.1 Å². The monoisotopic (exact) mass is 195 g/mol. The van der Waals surface area contributed by atoms with E-state index < -0.39 is 6.10 Å². The summed E-state index contributed by atoms with van der Waals surface area (Å²) in [5.74, 6) is 0.795. The maximum atomic E-state index is 9.78. The molecule has 1 rings (SSSR count). The maximum absolute atomic E-state index is 9.78. The summed E-state index contributed by atoms with van der Waals surface area (Å²) in [7, 11) is 1.62. The quantitative estimate of drug-likeness (QED) is 0.766. The highest BCUT2D eigenvalue weighted by atomic mass is 16.5. The Hall–Kier alpha value is -1.06. The van der Waals surface area contributed by atoms with Crippen molar-refractivity contribution in [1.82, 2.24) is 0 Å². The average Bonchev–Trinajstić information content (AvgIpc) is 2.16. The lowest BCUT2D eigenvalue weighted by atomic mass is 9.99. The van der Waals surface area contributed by atoms with Gasteiger partial charge in [-0.05, 0) is 37.1 Å². The van der Waals surface area contributed by atoms with Crippen LogP contribution in [0, 0.1) is 6.92 Å². The van der Waals surface area contributed by atoms with Crippen LogP contribution >= 0.6 is 0 Å². The van der Waals surface area contributed by atoms with Crippen LogP contribution in [0.5, 0.6) is 5.75 Å². The van der Waals surface area contributed by atoms with E-state index in [0.717, 1.165) is 16.9 Å². The molecule has 78 valence electrons. The van der Waals surface area contributed by atoms with Gasteiger partial charge in [-0.25, -0.2) is 0 Å². The molecule has 1 aromatic carbocycles. The standard InChI is InChI=1S/C11H17NO2/c1-7-6-9(14-3)4-5-10(7)11(13)8(2)12/h4-6,8,11,13H,12H2,1-3H3. The average molecular weight is 195 g/mol. The van der Waals surface area contributed by atoms with Gasteiger partial charge in [0.05, 0.1) is 13.2 Å². The molecule has 0 fully saturated rings. The third-order valence-corrected chi connectivity index (χ3v) is 2.29.